The Balaban J connectivity index is 1.54. The van der Waals surface area contributed by atoms with Gasteiger partial charge in [-0.05, 0) is 61.6 Å². The van der Waals surface area contributed by atoms with Crippen molar-refractivity contribution in [1.82, 2.24) is 14.8 Å². The normalized spacial score (nSPS) is 15.0. The third-order valence-corrected chi connectivity index (χ3v) is 8.21. The van der Waals surface area contributed by atoms with E-state index in [2.05, 4.69) is 66.8 Å². The van der Waals surface area contributed by atoms with Crippen molar-refractivity contribution in [2.45, 2.75) is 59.4 Å². The Hall–Kier alpha value is -3.29. The lowest BCUT2D eigenvalue weighted by Crippen LogP contribution is -2.17. The number of nitrogens with one attached hydrogen (secondary N) is 1. The Labute approximate surface area is 226 Å². The molecule has 0 spiro atoms. The number of aryl methyl sites for hydroxylation is 2. The predicted molar refractivity (Wildman–Crippen MR) is 152 cm³/mol. The minimum absolute atomic E-state index is 0.0495. The number of carbonyl (C=O) groups excluding carboxylic acids is 1. The maximum Gasteiger partial charge on any atom is 0.227 e. The zero-order valence-corrected chi connectivity index (χ0v) is 23.5. The van der Waals surface area contributed by atoms with E-state index in [1.54, 1.807) is 11.3 Å². The number of benzene rings is 2. The molecule has 6 nitrogen and oxygen atoms in total. The second-order valence-electron chi connectivity index (χ2n) is 10.5. The van der Waals surface area contributed by atoms with Crippen molar-refractivity contribution in [3.8, 4) is 5.00 Å². The Kier molecular flexibility index (Phi) is 6.54. The molecule has 1 aliphatic rings. The van der Waals surface area contributed by atoms with E-state index < -0.39 is 6.04 Å². The number of thiophene rings is 1. The molecular formula is C29H30ClN5OS. The molecule has 8 heteroatoms. The largest absolute Gasteiger partial charge is 0.326 e. The standard InChI is InChI=1S/C29H30ClN5OS/c1-16-17(2)37-28-25(16)26(19-7-11-21(30)12-8-19)32-23(27-34-33-18(3)35(27)28)15-24(36)31-22-13-9-20(10-14-22)29(4,5)6/h7-14,23H,15H2,1-6H3,(H,31,36)/t23-/m0/s1. The molecule has 0 saturated heterocycles. The number of amides is 1. The van der Waals surface area contributed by atoms with E-state index in [9.17, 15) is 4.79 Å². The van der Waals surface area contributed by atoms with Gasteiger partial charge in [-0.3, -0.25) is 14.4 Å². The minimum atomic E-state index is -0.500. The lowest BCUT2D eigenvalue weighted by Gasteiger charge is -2.19. The highest BCUT2D eigenvalue weighted by Gasteiger charge is 2.32. The van der Waals surface area contributed by atoms with Crippen LogP contribution in [0.4, 0.5) is 5.69 Å². The van der Waals surface area contributed by atoms with Crippen LogP contribution in [0.25, 0.3) is 5.00 Å². The molecule has 4 aromatic rings. The fourth-order valence-corrected chi connectivity index (χ4v) is 5.91. The number of hydrogen-bond acceptors (Lipinski definition) is 5. The van der Waals surface area contributed by atoms with Gasteiger partial charge >= 0.3 is 0 Å². The van der Waals surface area contributed by atoms with Crippen LogP contribution < -0.4 is 5.32 Å². The molecular weight excluding hydrogens is 502 g/mol. The van der Waals surface area contributed by atoms with E-state index in [1.807, 2.05) is 43.3 Å². The van der Waals surface area contributed by atoms with Gasteiger partial charge in [-0.15, -0.1) is 21.5 Å². The van der Waals surface area contributed by atoms with Crippen LogP contribution in [0.3, 0.4) is 0 Å². The summed E-state index contributed by atoms with van der Waals surface area (Å²) in [6.07, 6.45) is 0.142. The van der Waals surface area contributed by atoms with Crippen LogP contribution in [0.2, 0.25) is 5.02 Å². The first kappa shape index (κ1) is 25.4. The van der Waals surface area contributed by atoms with Crippen molar-refractivity contribution in [2.75, 3.05) is 5.32 Å². The van der Waals surface area contributed by atoms with Crippen molar-refractivity contribution >= 4 is 40.2 Å². The lowest BCUT2D eigenvalue weighted by atomic mass is 9.87. The molecule has 1 N–H and O–H groups in total. The number of carbonyl (C=O) groups is 1. The molecule has 0 aliphatic carbocycles. The van der Waals surface area contributed by atoms with Crippen molar-refractivity contribution in [1.29, 1.82) is 0 Å². The number of nitrogens with zero attached hydrogens (tertiary/aromatic N) is 4. The van der Waals surface area contributed by atoms with Gasteiger partial charge in [0.05, 0.1) is 12.1 Å². The smallest absolute Gasteiger partial charge is 0.227 e. The molecule has 1 amide bonds. The lowest BCUT2D eigenvalue weighted by molar-refractivity contribution is -0.116. The van der Waals surface area contributed by atoms with E-state index in [-0.39, 0.29) is 17.7 Å². The molecule has 1 aliphatic heterocycles. The highest BCUT2D eigenvalue weighted by atomic mass is 35.5. The van der Waals surface area contributed by atoms with Crippen LogP contribution >= 0.6 is 22.9 Å². The second-order valence-corrected chi connectivity index (χ2v) is 12.1. The summed E-state index contributed by atoms with van der Waals surface area (Å²) in [6.45, 7) is 12.7. The fraction of sp³-hybridized carbons (Fsp3) is 0.310. The number of aromatic nitrogens is 3. The van der Waals surface area contributed by atoms with Crippen molar-refractivity contribution in [2.24, 2.45) is 4.99 Å². The van der Waals surface area contributed by atoms with Crippen LogP contribution in [0.1, 0.15) is 72.0 Å². The minimum Gasteiger partial charge on any atom is -0.326 e. The molecule has 2 aromatic heterocycles. The molecule has 1 atom stereocenters. The Morgan fingerprint density at radius 1 is 1.03 bits per heavy atom. The van der Waals surface area contributed by atoms with Gasteiger partial charge in [-0.25, -0.2) is 0 Å². The monoisotopic (exact) mass is 531 g/mol. The van der Waals surface area contributed by atoms with Crippen molar-refractivity contribution in [3.63, 3.8) is 0 Å². The topological polar surface area (TPSA) is 72.2 Å². The Bertz CT molecular complexity index is 1510. The second kappa shape index (κ2) is 9.54. The first-order valence-corrected chi connectivity index (χ1v) is 13.5. The van der Waals surface area contributed by atoms with Gasteiger partial charge in [0, 0.05) is 26.7 Å². The number of halogens is 1. The van der Waals surface area contributed by atoms with Crippen molar-refractivity contribution in [3.05, 3.63) is 92.3 Å². The Morgan fingerprint density at radius 3 is 2.35 bits per heavy atom. The van der Waals surface area contributed by atoms with Crippen LogP contribution in [-0.4, -0.2) is 26.4 Å². The third kappa shape index (κ3) is 4.86. The molecule has 0 bridgehead atoms. The van der Waals surface area contributed by atoms with E-state index in [4.69, 9.17) is 16.6 Å². The highest BCUT2D eigenvalue weighted by Crippen LogP contribution is 2.39. The van der Waals surface area contributed by atoms with Gasteiger partial charge in [0.2, 0.25) is 5.91 Å². The molecule has 3 heterocycles. The van der Waals surface area contributed by atoms with Crippen molar-refractivity contribution < 1.29 is 4.79 Å². The average molecular weight is 532 g/mol. The van der Waals surface area contributed by atoms with Gasteiger partial charge in [0.15, 0.2) is 5.82 Å². The summed E-state index contributed by atoms with van der Waals surface area (Å²) in [5.41, 5.74) is 6.03. The fourth-order valence-electron chi connectivity index (χ4n) is 4.57. The van der Waals surface area contributed by atoms with Crippen LogP contribution in [0.15, 0.2) is 53.5 Å². The number of anilines is 1. The summed E-state index contributed by atoms with van der Waals surface area (Å²) < 4.78 is 2.06. The summed E-state index contributed by atoms with van der Waals surface area (Å²) in [5.74, 6) is 1.31. The van der Waals surface area contributed by atoms with Gasteiger partial charge < -0.3 is 5.32 Å². The summed E-state index contributed by atoms with van der Waals surface area (Å²) in [6, 6.07) is 15.2. The first-order valence-electron chi connectivity index (χ1n) is 12.3. The molecule has 2 aromatic carbocycles. The Morgan fingerprint density at radius 2 is 1.70 bits per heavy atom. The van der Waals surface area contributed by atoms with Gasteiger partial charge in [0.1, 0.15) is 16.9 Å². The molecule has 0 saturated carbocycles. The molecule has 0 fully saturated rings. The van der Waals surface area contributed by atoms with E-state index in [1.165, 1.54) is 10.4 Å². The maximum atomic E-state index is 13.3. The average Bonchev–Trinajstić information content (AvgIpc) is 3.31. The molecule has 190 valence electrons. The quantitative estimate of drug-likeness (QED) is 0.304. The van der Waals surface area contributed by atoms with Gasteiger partial charge in [0.25, 0.3) is 0 Å². The molecule has 37 heavy (non-hydrogen) atoms. The highest BCUT2D eigenvalue weighted by molar-refractivity contribution is 7.15. The van der Waals surface area contributed by atoms with E-state index >= 15 is 0 Å². The number of aliphatic imine (C=N–C) groups is 1. The van der Waals surface area contributed by atoms with E-state index in [0.717, 1.165) is 38.9 Å². The van der Waals surface area contributed by atoms with Crippen LogP contribution in [0, 0.1) is 20.8 Å². The summed E-state index contributed by atoms with van der Waals surface area (Å²) in [7, 11) is 0. The number of hydrogen-bond donors (Lipinski definition) is 1. The summed E-state index contributed by atoms with van der Waals surface area (Å²) in [4.78, 5) is 19.6. The molecule has 5 rings (SSSR count). The zero-order valence-electron chi connectivity index (χ0n) is 21.9. The summed E-state index contributed by atoms with van der Waals surface area (Å²) >= 11 is 7.89. The third-order valence-electron chi connectivity index (χ3n) is 6.77. The first-order chi connectivity index (χ1) is 17.5. The number of fused-ring (bicyclic) bond motifs is 3. The zero-order chi connectivity index (χ0) is 26.5. The maximum absolute atomic E-state index is 13.3. The van der Waals surface area contributed by atoms with Crippen LogP contribution in [0.5, 0.6) is 0 Å². The summed E-state index contributed by atoms with van der Waals surface area (Å²) in [5, 5.41) is 13.6. The van der Waals surface area contributed by atoms with E-state index in [0.29, 0.717) is 10.8 Å². The number of rotatable bonds is 4. The van der Waals surface area contributed by atoms with Gasteiger partial charge in [-0.1, -0.05) is 56.6 Å². The van der Waals surface area contributed by atoms with Gasteiger partial charge in [-0.2, -0.15) is 0 Å². The van der Waals surface area contributed by atoms with Crippen LogP contribution in [-0.2, 0) is 10.2 Å². The molecule has 0 unspecified atom stereocenters. The molecule has 0 radical (unpaired) electrons. The SMILES string of the molecule is Cc1sc2c(c1C)C(c1ccc(Cl)cc1)=N[C@@H](CC(=O)Nc1ccc(C(C)(C)C)cc1)c1nnc(C)n1-2. The predicted octanol–water partition coefficient (Wildman–Crippen LogP) is 7.13.